The molecule has 0 fully saturated rings. The fraction of sp³-hybridized carbons (Fsp3) is 0.750. The van der Waals surface area contributed by atoms with Crippen LogP contribution < -0.4 is 0 Å². The zero-order chi connectivity index (χ0) is 9.56. The SMILES string of the molecule is CC(=O)CCC(=O)C(CO)CO. The van der Waals surface area contributed by atoms with E-state index in [1.807, 2.05) is 0 Å². The molecule has 0 amide bonds. The van der Waals surface area contributed by atoms with E-state index in [4.69, 9.17) is 10.2 Å². The van der Waals surface area contributed by atoms with Gasteiger partial charge in [0.05, 0.1) is 19.1 Å². The van der Waals surface area contributed by atoms with Gasteiger partial charge in [0.1, 0.15) is 11.6 Å². The van der Waals surface area contributed by atoms with Crippen LogP contribution in [0.3, 0.4) is 0 Å². The van der Waals surface area contributed by atoms with Crippen LogP contribution in [0.15, 0.2) is 0 Å². The second kappa shape index (κ2) is 5.85. The Morgan fingerprint density at radius 2 is 1.67 bits per heavy atom. The molecule has 0 saturated heterocycles. The van der Waals surface area contributed by atoms with E-state index in [1.54, 1.807) is 0 Å². The van der Waals surface area contributed by atoms with Crippen molar-refractivity contribution in [1.82, 2.24) is 0 Å². The smallest absolute Gasteiger partial charge is 0.141 e. The molecule has 0 aromatic heterocycles. The van der Waals surface area contributed by atoms with Crippen molar-refractivity contribution in [3.63, 3.8) is 0 Å². The first-order valence-corrected chi connectivity index (χ1v) is 3.85. The van der Waals surface area contributed by atoms with Crippen LogP contribution in [-0.4, -0.2) is 35.0 Å². The van der Waals surface area contributed by atoms with Gasteiger partial charge in [0.15, 0.2) is 0 Å². The Bertz CT molecular complexity index is 160. The van der Waals surface area contributed by atoms with Gasteiger partial charge in [0, 0.05) is 12.8 Å². The Balaban J connectivity index is 3.77. The molecule has 70 valence electrons. The third-order valence-corrected chi connectivity index (χ3v) is 1.62. The van der Waals surface area contributed by atoms with Crippen molar-refractivity contribution in [2.24, 2.45) is 5.92 Å². The molecule has 0 spiro atoms. The number of aliphatic hydroxyl groups is 2. The van der Waals surface area contributed by atoms with E-state index in [1.165, 1.54) is 6.92 Å². The van der Waals surface area contributed by atoms with Crippen LogP contribution in [0.5, 0.6) is 0 Å². The van der Waals surface area contributed by atoms with Crippen LogP contribution in [-0.2, 0) is 9.59 Å². The zero-order valence-corrected chi connectivity index (χ0v) is 7.12. The van der Waals surface area contributed by atoms with E-state index >= 15 is 0 Å². The predicted octanol–water partition coefficient (Wildman–Crippen LogP) is -0.474. The van der Waals surface area contributed by atoms with Gasteiger partial charge in [-0.3, -0.25) is 4.79 Å². The van der Waals surface area contributed by atoms with Gasteiger partial charge in [-0.25, -0.2) is 0 Å². The molecule has 0 unspecified atom stereocenters. The molecule has 0 aliphatic carbocycles. The fourth-order valence-corrected chi connectivity index (χ4v) is 0.765. The average molecular weight is 174 g/mol. The van der Waals surface area contributed by atoms with Gasteiger partial charge in [-0.15, -0.1) is 0 Å². The molecule has 0 aliphatic rings. The van der Waals surface area contributed by atoms with Crippen LogP contribution in [0.2, 0.25) is 0 Å². The summed E-state index contributed by atoms with van der Waals surface area (Å²) in [5, 5.41) is 17.2. The lowest BCUT2D eigenvalue weighted by Gasteiger charge is -2.07. The van der Waals surface area contributed by atoms with E-state index in [0.717, 1.165) is 0 Å². The van der Waals surface area contributed by atoms with E-state index in [2.05, 4.69) is 0 Å². The second-order valence-electron chi connectivity index (χ2n) is 2.73. The number of hydrogen-bond acceptors (Lipinski definition) is 4. The van der Waals surface area contributed by atoms with Crippen molar-refractivity contribution in [2.75, 3.05) is 13.2 Å². The maximum absolute atomic E-state index is 11.0. The maximum Gasteiger partial charge on any atom is 0.141 e. The topological polar surface area (TPSA) is 74.6 Å². The molecule has 2 N–H and O–H groups in total. The minimum Gasteiger partial charge on any atom is -0.396 e. The molecule has 12 heavy (non-hydrogen) atoms. The van der Waals surface area contributed by atoms with Gasteiger partial charge in [-0.2, -0.15) is 0 Å². The normalized spacial score (nSPS) is 10.3. The minimum absolute atomic E-state index is 0.0574. The molecule has 0 aromatic rings. The first-order chi connectivity index (χ1) is 5.61. The highest BCUT2D eigenvalue weighted by Crippen LogP contribution is 2.02. The van der Waals surface area contributed by atoms with Crippen molar-refractivity contribution < 1.29 is 19.8 Å². The molecular formula is C8H14O4. The monoisotopic (exact) mass is 174 g/mol. The van der Waals surface area contributed by atoms with Crippen LogP contribution in [0.4, 0.5) is 0 Å². The molecule has 0 radical (unpaired) electrons. The molecule has 0 heterocycles. The number of hydrogen-bond donors (Lipinski definition) is 2. The van der Waals surface area contributed by atoms with E-state index in [0.29, 0.717) is 0 Å². The first-order valence-electron chi connectivity index (χ1n) is 3.85. The summed E-state index contributed by atoms with van der Waals surface area (Å²) in [6.45, 7) is 0.695. The lowest BCUT2D eigenvalue weighted by atomic mass is 10.0. The van der Waals surface area contributed by atoms with Crippen LogP contribution in [0.25, 0.3) is 0 Å². The van der Waals surface area contributed by atoms with Gasteiger partial charge in [-0.05, 0) is 6.92 Å². The summed E-state index contributed by atoms with van der Waals surface area (Å²) in [6.07, 6.45) is 0.302. The molecule has 0 rings (SSSR count). The zero-order valence-electron chi connectivity index (χ0n) is 7.12. The molecule has 4 nitrogen and oxygen atoms in total. The minimum atomic E-state index is -0.718. The highest BCUT2D eigenvalue weighted by molar-refractivity contribution is 5.86. The number of rotatable bonds is 6. The Morgan fingerprint density at radius 1 is 1.17 bits per heavy atom. The third kappa shape index (κ3) is 4.20. The van der Waals surface area contributed by atoms with Gasteiger partial charge in [0.25, 0.3) is 0 Å². The standard InChI is InChI=1S/C8H14O4/c1-6(11)2-3-8(12)7(4-9)5-10/h7,9-10H,2-5H2,1H3. The molecular weight excluding hydrogens is 160 g/mol. The van der Waals surface area contributed by atoms with Crippen molar-refractivity contribution >= 4 is 11.6 Å². The lowest BCUT2D eigenvalue weighted by molar-refractivity contribution is -0.127. The average Bonchev–Trinajstić information content (AvgIpc) is 2.03. The molecule has 0 aromatic carbocycles. The second-order valence-corrected chi connectivity index (χ2v) is 2.73. The summed E-state index contributed by atoms with van der Waals surface area (Å²) in [5.41, 5.74) is 0. The lowest BCUT2D eigenvalue weighted by Crippen LogP contribution is -2.22. The summed E-state index contributed by atoms with van der Waals surface area (Å²) >= 11 is 0. The van der Waals surface area contributed by atoms with Crippen molar-refractivity contribution in [3.05, 3.63) is 0 Å². The molecule has 0 aliphatic heterocycles. The molecule has 4 heteroatoms. The highest BCUT2D eigenvalue weighted by atomic mass is 16.3. The van der Waals surface area contributed by atoms with E-state index in [-0.39, 0.29) is 37.6 Å². The number of carbonyl (C=O) groups is 2. The summed E-state index contributed by atoms with van der Waals surface area (Å²) < 4.78 is 0. The van der Waals surface area contributed by atoms with Crippen molar-refractivity contribution in [1.29, 1.82) is 0 Å². The van der Waals surface area contributed by atoms with Crippen LogP contribution in [0.1, 0.15) is 19.8 Å². The summed E-state index contributed by atoms with van der Waals surface area (Å²) in [4.78, 5) is 21.5. The number of carbonyl (C=O) groups excluding carboxylic acids is 2. The van der Waals surface area contributed by atoms with Gasteiger partial charge in [0.2, 0.25) is 0 Å². The largest absolute Gasteiger partial charge is 0.396 e. The Labute approximate surface area is 71.2 Å². The fourth-order valence-electron chi connectivity index (χ4n) is 0.765. The van der Waals surface area contributed by atoms with Gasteiger partial charge >= 0.3 is 0 Å². The summed E-state index contributed by atoms with van der Waals surface area (Å²) in [6, 6.07) is 0. The van der Waals surface area contributed by atoms with Crippen molar-refractivity contribution in [3.8, 4) is 0 Å². The Kier molecular flexibility index (Phi) is 5.49. The third-order valence-electron chi connectivity index (χ3n) is 1.62. The van der Waals surface area contributed by atoms with Gasteiger partial charge in [-0.1, -0.05) is 0 Å². The number of Topliss-reactive ketones (excluding diaryl/α,β-unsaturated/α-hetero) is 2. The quantitative estimate of drug-likeness (QED) is 0.570. The summed E-state index contributed by atoms with van der Waals surface area (Å²) in [7, 11) is 0. The van der Waals surface area contributed by atoms with Gasteiger partial charge < -0.3 is 15.0 Å². The Hall–Kier alpha value is -0.740. The highest BCUT2D eigenvalue weighted by Gasteiger charge is 2.15. The molecule has 0 atom stereocenters. The number of aliphatic hydroxyl groups excluding tert-OH is 2. The number of ketones is 2. The Morgan fingerprint density at radius 3 is 2.00 bits per heavy atom. The molecule has 0 bridgehead atoms. The molecule has 0 saturated carbocycles. The van der Waals surface area contributed by atoms with E-state index < -0.39 is 5.92 Å². The first kappa shape index (κ1) is 11.3. The van der Waals surface area contributed by atoms with E-state index in [9.17, 15) is 9.59 Å². The maximum atomic E-state index is 11.0. The van der Waals surface area contributed by atoms with Crippen molar-refractivity contribution in [2.45, 2.75) is 19.8 Å². The summed E-state index contributed by atoms with van der Waals surface area (Å²) in [5.74, 6) is -1.03. The van der Waals surface area contributed by atoms with Crippen LogP contribution >= 0.6 is 0 Å². The van der Waals surface area contributed by atoms with Crippen LogP contribution in [0, 0.1) is 5.92 Å². The predicted molar refractivity (Wildman–Crippen MR) is 42.6 cm³/mol.